The van der Waals surface area contributed by atoms with Crippen molar-refractivity contribution in [3.05, 3.63) is 33.6 Å². The van der Waals surface area contributed by atoms with Crippen molar-refractivity contribution >= 4 is 32.9 Å². The van der Waals surface area contributed by atoms with E-state index in [-0.39, 0.29) is 29.4 Å². The molecule has 4 heterocycles. The van der Waals surface area contributed by atoms with Gasteiger partial charge in [0.15, 0.2) is 9.84 Å². The van der Waals surface area contributed by atoms with Crippen LogP contribution in [0.15, 0.2) is 16.8 Å². The molecular weight excluding hydrogens is 334 g/mol. The van der Waals surface area contributed by atoms with Crippen LogP contribution in [-0.2, 0) is 14.6 Å². The molecule has 1 saturated heterocycles. The van der Waals surface area contributed by atoms with E-state index in [0.29, 0.717) is 18.7 Å². The van der Waals surface area contributed by atoms with Gasteiger partial charge in [-0.05, 0) is 35.7 Å². The van der Waals surface area contributed by atoms with E-state index in [4.69, 9.17) is 0 Å². The van der Waals surface area contributed by atoms with Crippen LogP contribution in [0.4, 0.5) is 5.82 Å². The topological polar surface area (TPSA) is 81.1 Å². The Morgan fingerprint density at radius 1 is 1.43 bits per heavy atom. The van der Waals surface area contributed by atoms with E-state index in [9.17, 15) is 13.2 Å². The highest BCUT2D eigenvalue weighted by Gasteiger charge is 2.37. The fourth-order valence-electron chi connectivity index (χ4n) is 3.56. The molecule has 8 heteroatoms. The summed E-state index contributed by atoms with van der Waals surface area (Å²) < 4.78 is 25.3. The van der Waals surface area contributed by atoms with Gasteiger partial charge in [0.05, 0.1) is 23.2 Å². The number of thiophene rings is 1. The molecule has 0 unspecified atom stereocenters. The smallest absolute Gasteiger partial charge is 0.226 e. The zero-order chi connectivity index (χ0) is 16.2. The standard InChI is InChI=1S/C15H17N3O3S2/c1-9-14-12(10-2-4-22-7-10)6-13(19)16-15(14)18(17-9)11-3-5-23(20,21)8-11/h2,4,7,11-12H,3,5-6,8H2,1H3,(H,16,19)/t11-,12+/m0/s1. The molecule has 2 aromatic heterocycles. The second-order valence-electron chi connectivity index (χ2n) is 6.21. The number of fused-ring (bicyclic) bond motifs is 1. The highest BCUT2D eigenvalue weighted by Crippen LogP contribution is 2.41. The first-order valence-electron chi connectivity index (χ1n) is 7.56. The number of sulfone groups is 1. The monoisotopic (exact) mass is 351 g/mol. The third-order valence-corrected chi connectivity index (χ3v) is 7.08. The Labute approximate surface area is 138 Å². The van der Waals surface area contributed by atoms with E-state index >= 15 is 0 Å². The van der Waals surface area contributed by atoms with E-state index in [1.807, 2.05) is 18.4 Å². The van der Waals surface area contributed by atoms with E-state index < -0.39 is 9.84 Å². The van der Waals surface area contributed by atoms with Gasteiger partial charge in [0.2, 0.25) is 5.91 Å². The van der Waals surface area contributed by atoms with Crippen molar-refractivity contribution < 1.29 is 13.2 Å². The van der Waals surface area contributed by atoms with E-state index in [2.05, 4.69) is 15.8 Å². The zero-order valence-corrected chi connectivity index (χ0v) is 14.3. The Kier molecular flexibility index (Phi) is 3.35. The van der Waals surface area contributed by atoms with Crippen molar-refractivity contribution in [3.8, 4) is 0 Å². The summed E-state index contributed by atoms with van der Waals surface area (Å²) in [6, 6.07) is 1.85. The Bertz CT molecular complexity index is 868. The first-order chi connectivity index (χ1) is 10.9. The van der Waals surface area contributed by atoms with Gasteiger partial charge in [-0.25, -0.2) is 13.1 Å². The lowest BCUT2D eigenvalue weighted by molar-refractivity contribution is -0.116. The molecule has 1 N–H and O–H groups in total. The number of aryl methyl sites for hydroxylation is 1. The fraction of sp³-hybridized carbons (Fsp3) is 0.467. The summed E-state index contributed by atoms with van der Waals surface area (Å²) in [5, 5.41) is 11.6. The van der Waals surface area contributed by atoms with Crippen LogP contribution in [-0.4, -0.2) is 35.6 Å². The zero-order valence-electron chi connectivity index (χ0n) is 12.7. The minimum Gasteiger partial charge on any atom is -0.311 e. The SMILES string of the molecule is Cc1nn([C@H]2CCS(=O)(=O)C2)c2c1[C@@H](c1ccsc1)CC(=O)N2. The maximum absolute atomic E-state index is 12.2. The van der Waals surface area contributed by atoms with Gasteiger partial charge in [-0.15, -0.1) is 0 Å². The van der Waals surface area contributed by atoms with Crippen LogP contribution in [0.25, 0.3) is 0 Å². The number of nitrogens with zero attached hydrogens (tertiary/aromatic N) is 2. The number of carbonyl (C=O) groups excluding carboxylic acids is 1. The van der Waals surface area contributed by atoms with Gasteiger partial charge in [-0.3, -0.25) is 4.79 Å². The first kappa shape index (κ1) is 14.9. The first-order valence-corrected chi connectivity index (χ1v) is 10.3. The normalized spacial score (nSPS) is 26.0. The van der Waals surface area contributed by atoms with Gasteiger partial charge in [0, 0.05) is 17.9 Å². The van der Waals surface area contributed by atoms with Gasteiger partial charge in [-0.2, -0.15) is 16.4 Å². The molecule has 6 nitrogen and oxygen atoms in total. The van der Waals surface area contributed by atoms with Crippen LogP contribution in [0.2, 0.25) is 0 Å². The average molecular weight is 351 g/mol. The van der Waals surface area contributed by atoms with Gasteiger partial charge >= 0.3 is 0 Å². The van der Waals surface area contributed by atoms with Crippen LogP contribution in [0.1, 0.15) is 41.6 Å². The molecule has 0 spiro atoms. The van der Waals surface area contributed by atoms with Crippen LogP contribution in [0.5, 0.6) is 0 Å². The quantitative estimate of drug-likeness (QED) is 0.898. The molecule has 2 aromatic rings. The molecule has 1 fully saturated rings. The Hall–Kier alpha value is -1.67. The molecule has 0 saturated carbocycles. The summed E-state index contributed by atoms with van der Waals surface area (Å²) in [6.45, 7) is 1.93. The van der Waals surface area contributed by atoms with E-state index in [0.717, 1.165) is 16.8 Å². The summed E-state index contributed by atoms with van der Waals surface area (Å²) in [5.74, 6) is 0.914. The molecule has 0 aromatic carbocycles. The average Bonchev–Trinajstić information content (AvgIpc) is 3.18. The lowest BCUT2D eigenvalue weighted by Crippen LogP contribution is -2.26. The van der Waals surface area contributed by atoms with Crippen molar-refractivity contribution in [3.63, 3.8) is 0 Å². The molecule has 0 bridgehead atoms. The van der Waals surface area contributed by atoms with Crippen LogP contribution in [0, 0.1) is 6.92 Å². The molecule has 2 atom stereocenters. The number of anilines is 1. The Balaban J connectivity index is 1.81. The molecule has 0 aliphatic carbocycles. The molecular formula is C15H17N3O3S2. The number of nitrogens with one attached hydrogen (secondary N) is 1. The summed E-state index contributed by atoms with van der Waals surface area (Å²) in [4.78, 5) is 12.2. The Morgan fingerprint density at radius 3 is 2.91 bits per heavy atom. The highest BCUT2D eigenvalue weighted by atomic mass is 32.2. The third kappa shape index (κ3) is 2.49. The minimum absolute atomic E-state index is 0.00300. The van der Waals surface area contributed by atoms with Crippen molar-refractivity contribution in [2.75, 3.05) is 16.8 Å². The summed E-state index contributed by atoms with van der Waals surface area (Å²) >= 11 is 1.61. The number of aromatic nitrogens is 2. The minimum atomic E-state index is -3.00. The maximum Gasteiger partial charge on any atom is 0.226 e. The fourth-order valence-corrected chi connectivity index (χ4v) is 5.97. The molecule has 2 aliphatic rings. The number of carbonyl (C=O) groups is 1. The third-order valence-electron chi connectivity index (χ3n) is 4.63. The van der Waals surface area contributed by atoms with Crippen molar-refractivity contribution in [2.45, 2.75) is 31.7 Å². The van der Waals surface area contributed by atoms with E-state index in [1.165, 1.54) is 0 Å². The molecule has 0 radical (unpaired) electrons. The maximum atomic E-state index is 12.2. The Morgan fingerprint density at radius 2 is 2.26 bits per heavy atom. The second kappa shape index (κ2) is 5.17. The van der Waals surface area contributed by atoms with Crippen molar-refractivity contribution in [1.82, 2.24) is 9.78 Å². The summed E-state index contributed by atoms with van der Waals surface area (Å²) in [5.41, 5.74) is 3.00. The molecule has 1 amide bonds. The van der Waals surface area contributed by atoms with Crippen LogP contribution < -0.4 is 5.32 Å². The number of hydrogen-bond acceptors (Lipinski definition) is 5. The molecule has 2 aliphatic heterocycles. The second-order valence-corrected chi connectivity index (χ2v) is 9.22. The molecule has 122 valence electrons. The van der Waals surface area contributed by atoms with Gasteiger partial charge < -0.3 is 5.32 Å². The lowest BCUT2D eigenvalue weighted by Gasteiger charge is -2.24. The summed E-state index contributed by atoms with van der Waals surface area (Å²) in [6.07, 6.45) is 0.952. The number of hydrogen-bond donors (Lipinski definition) is 1. The number of amides is 1. The van der Waals surface area contributed by atoms with Gasteiger partial charge in [-0.1, -0.05) is 0 Å². The molecule has 23 heavy (non-hydrogen) atoms. The van der Waals surface area contributed by atoms with Crippen LogP contribution in [0.3, 0.4) is 0 Å². The van der Waals surface area contributed by atoms with Crippen LogP contribution >= 0.6 is 11.3 Å². The van der Waals surface area contributed by atoms with Gasteiger partial charge in [0.25, 0.3) is 0 Å². The summed E-state index contributed by atoms with van der Waals surface area (Å²) in [7, 11) is -3.00. The highest BCUT2D eigenvalue weighted by molar-refractivity contribution is 7.91. The lowest BCUT2D eigenvalue weighted by atomic mass is 9.87. The van der Waals surface area contributed by atoms with Crippen molar-refractivity contribution in [1.29, 1.82) is 0 Å². The van der Waals surface area contributed by atoms with Crippen molar-refractivity contribution in [2.24, 2.45) is 0 Å². The predicted octanol–water partition coefficient (Wildman–Crippen LogP) is 2.09. The predicted molar refractivity (Wildman–Crippen MR) is 88.7 cm³/mol. The molecule has 4 rings (SSSR count). The number of rotatable bonds is 2. The largest absolute Gasteiger partial charge is 0.311 e. The van der Waals surface area contributed by atoms with Gasteiger partial charge in [0.1, 0.15) is 5.82 Å². The van der Waals surface area contributed by atoms with E-state index in [1.54, 1.807) is 16.0 Å².